The van der Waals surface area contributed by atoms with Gasteiger partial charge in [-0.25, -0.2) is 0 Å². The highest BCUT2D eigenvalue weighted by atomic mass is 32.1. The van der Waals surface area contributed by atoms with Crippen LogP contribution in [0.2, 0.25) is 0 Å². The molecule has 0 fully saturated rings. The summed E-state index contributed by atoms with van der Waals surface area (Å²) in [6.07, 6.45) is 0. The molecule has 2 aromatic rings. The smallest absolute Gasteiger partial charge is 0.0555 e. The first kappa shape index (κ1) is 13.8. The maximum absolute atomic E-state index is 5.42. The van der Waals surface area contributed by atoms with Gasteiger partial charge in [-0.3, -0.25) is 4.90 Å². The molecule has 0 radical (unpaired) electrons. The van der Waals surface area contributed by atoms with Crippen LogP contribution in [0.25, 0.3) is 0 Å². The molecule has 3 heteroatoms. The van der Waals surface area contributed by atoms with E-state index in [1.165, 1.54) is 10.4 Å². The fourth-order valence-electron chi connectivity index (χ4n) is 1.92. The van der Waals surface area contributed by atoms with Crippen LogP contribution >= 0.6 is 11.3 Å². The molecule has 1 aromatic heterocycles. The van der Waals surface area contributed by atoms with E-state index in [4.69, 9.17) is 5.73 Å². The third kappa shape index (κ3) is 4.22. The first-order valence-electron chi connectivity index (χ1n) is 6.27. The average molecular weight is 270 g/mol. The Morgan fingerprint density at radius 1 is 1.16 bits per heavy atom. The lowest BCUT2D eigenvalue weighted by Crippen LogP contribution is -2.16. The van der Waals surface area contributed by atoms with Gasteiger partial charge in [-0.15, -0.1) is 11.3 Å². The van der Waals surface area contributed by atoms with Gasteiger partial charge in [0.15, 0.2) is 0 Å². The fraction of sp³-hybridized carbons (Fsp3) is 0.250. The van der Waals surface area contributed by atoms with Crippen molar-refractivity contribution < 1.29 is 0 Å². The summed E-state index contributed by atoms with van der Waals surface area (Å²) >= 11 is 1.75. The predicted octanol–water partition coefficient (Wildman–Crippen LogP) is 2.69. The lowest BCUT2D eigenvalue weighted by Gasteiger charge is -2.16. The molecule has 0 unspecified atom stereocenters. The second-order valence-corrected chi connectivity index (χ2v) is 5.42. The molecule has 1 heterocycles. The van der Waals surface area contributed by atoms with Crippen LogP contribution in [0.3, 0.4) is 0 Å². The van der Waals surface area contributed by atoms with E-state index >= 15 is 0 Å². The van der Waals surface area contributed by atoms with E-state index in [0.717, 1.165) is 18.7 Å². The number of hydrogen-bond acceptors (Lipinski definition) is 3. The standard InChI is InChI=1S/C16H18N2S/c1-18(12-14-6-3-2-4-7-14)13-16-15(8-5-10-17)9-11-19-16/h2-4,6-7,9,11H,10,12-13,17H2,1H3. The summed E-state index contributed by atoms with van der Waals surface area (Å²) in [4.78, 5) is 3.61. The van der Waals surface area contributed by atoms with Gasteiger partial charge >= 0.3 is 0 Å². The highest BCUT2D eigenvalue weighted by molar-refractivity contribution is 7.10. The zero-order valence-corrected chi connectivity index (χ0v) is 11.9. The molecule has 2 N–H and O–H groups in total. The van der Waals surface area contributed by atoms with Crippen LogP contribution < -0.4 is 5.73 Å². The summed E-state index contributed by atoms with van der Waals surface area (Å²) in [6, 6.07) is 12.6. The number of hydrogen-bond donors (Lipinski definition) is 1. The van der Waals surface area contributed by atoms with Gasteiger partial charge in [-0.05, 0) is 24.1 Å². The largest absolute Gasteiger partial charge is 0.320 e. The number of nitrogens with zero attached hydrogens (tertiary/aromatic N) is 1. The SMILES string of the molecule is CN(Cc1ccccc1)Cc1sccc1C#CCN. The lowest BCUT2D eigenvalue weighted by atomic mass is 10.2. The number of nitrogens with two attached hydrogens (primary N) is 1. The van der Waals surface area contributed by atoms with E-state index in [0.29, 0.717) is 6.54 Å². The molecule has 0 aliphatic carbocycles. The van der Waals surface area contributed by atoms with Crippen molar-refractivity contribution in [2.24, 2.45) is 5.73 Å². The molecule has 0 saturated heterocycles. The molecule has 2 nitrogen and oxygen atoms in total. The Labute approximate surface area is 118 Å². The molecule has 0 saturated carbocycles. The molecule has 2 rings (SSSR count). The van der Waals surface area contributed by atoms with E-state index < -0.39 is 0 Å². The molecule has 0 aliphatic rings. The zero-order valence-electron chi connectivity index (χ0n) is 11.1. The second-order valence-electron chi connectivity index (χ2n) is 4.42. The zero-order chi connectivity index (χ0) is 13.5. The van der Waals surface area contributed by atoms with Crippen molar-refractivity contribution >= 4 is 11.3 Å². The molecular formula is C16H18N2S. The minimum Gasteiger partial charge on any atom is -0.320 e. The molecular weight excluding hydrogens is 252 g/mol. The molecule has 0 bridgehead atoms. The average Bonchev–Trinajstić information content (AvgIpc) is 2.84. The highest BCUT2D eigenvalue weighted by Gasteiger charge is 2.06. The topological polar surface area (TPSA) is 29.3 Å². The van der Waals surface area contributed by atoms with Gasteiger partial charge < -0.3 is 5.73 Å². The fourth-order valence-corrected chi connectivity index (χ4v) is 2.83. The summed E-state index contributed by atoms with van der Waals surface area (Å²) in [5, 5.41) is 2.09. The van der Waals surface area contributed by atoms with Crippen molar-refractivity contribution in [2.45, 2.75) is 13.1 Å². The third-order valence-electron chi connectivity index (χ3n) is 2.78. The van der Waals surface area contributed by atoms with Gasteiger partial charge in [-0.2, -0.15) is 0 Å². The van der Waals surface area contributed by atoms with Crippen LogP contribution in [0.4, 0.5) is 0 Å². The first-order chi connectivity index (χ1) is 9.29. The van der Waals surface area contributed by atoms with Crippen molar-refractivity contribution in [3.05, 3.63) is 57.8 Å². The van der Waals surface area contributed by atoms with Gasteiger partial charge in [0, 0.05) is 23.5 Å². The maximum Gasteiger partial charge on any atom is 0.0555 e. The Morgan fingerprint density at radius 3 is 2.68 bits per heavy atom. The molecule has 0 atom stereocenters. The van der Waals surface area contributed by atoms with Gasteiger partial charge in [0.2, 0.25) is 0 Å². The molecule has 1 aromatic carbocycles. The molecule has 0 amide bonds. The van der Waals surface area contributed by atoms with Gasteiger partial charge in [0.25, 0.3) is 0 Å². The quantitative estimate of drug-likeness (QED) is 0.866. The molecule has 0 aliphatic heterocycles. The van der Waals surface area contributed by atoms with E-state index in [9.17, 15) is 0 Å². The monoisotopic (exact) mass is 270 g/mol. The van der Waals surface area contributed by atoms with Crippen molar-refractivity contribution in [1.29, 1.82) is 0 Å². The number of benzene rings is 1. The molecule has 0 spiro atoms. The van der Waals surface area contributed by atoms with Gasteiger partial charge in [0.05, 0.1) is 6.54 Å². The van der Waals surface area contributed by atoms with Crippen LogP contribution in [0.1, 0.15) is 16.0 Å². The Balaban J connectivity index is 1.99. The molecule has 98 valence electrons. The number of thiophene rings is 1. The maximum atomic E-state index is 5.42. The van der Waals surface area contributed by atoms with Crippen molar-refractivity contribution in [2.75, 3.05) is 13.6 Å². The van der Waals surface area contributed by atoms with E-state index in [1.54, 1.807) is 11.3 Å². The van der Waals surface area contributed by atoms with Crippen LogP contribution in [-0.4, -0.2) is 18.5 Å². The van der Waals surface area contributed by atoms with E-state index in [-0.39, 0.29) is 0 Å². The first-order valence-corrected chi connectivity index (χ1v) is 7.15. The van der Waals surface area contributed by atoms with Crippen LogP contribution in [0.5, 0.6) is 0 Å². The van der Waals surface area contributed by atoms with Crippen molar-refractivity contribution in [3.63, 3.8) is 0 Å². The summed E-state index contributed by atoms with van der Waals surface area (Å²) in [7, 11) is 2.13. The minimum absolute atomic E-state index is 0.412. The van der Waals surface area contributed by atoms with Gasteiger partial charge in [0.1, 0.15) is 0 Å². The Kier molecular flexibility index (Phi) is 5.17. The van der Waals surface area contributed by atoms with Crippen LogP contribution in [0.15, 0.2) is 41.8 Å². The van der Waals surface area contributed by atoms with Gasteiger partial charge in [-0.1, -0.05) is 42.2 Å². The summed E-state index contributed by atoms with van der Waals surface area (Å²) in [5.41, 5.74) is 7.85. The lowest BCUT2D eigenvalue weighted by molar-refractivity contribution is 0.322. The third-order valence-corrected chi connectivity index (χ3v) is 3.69. The minimum atomic E-state index is 0.412. The molecule has 19 heavy (non-hydrogen) atoms. The van der Waals surface area contributed by atoms with E-state index in [2.05, 4.69) is 59.5 Å². The van der Waals surface area contributed by atoms with E-state index in [1.807, 2.05) is 6.07 Å². The van der Waals surface area contributed by atoms with Crippen LogP contribution in [-0.2, 0) is 13.1 Å². The Morgan fingerprint density at radius 2 is 1.95 bits per heavy atom. The summed E-state index contributed by atoms with van der Waals surface area (Å²) in [6.45, 7) is 2.28. The normalized spacial score (nSPS) is 10.3. The number of rotatable bonds is 4. The van der Waals surface area contributed by atoms with Crippen molar-refractivity contribution in [3.8, 4) is 11.8 Å². The highest BCUT2D eigenvalue weighted by Crippen LogP contribution is 2.18. The Hall–Kier alpha value is -1.60. The van der Waals surface area contributed by atoms with Crippen LogP contribution in [0, 0.1) is 11.8 Å². The summed E-state index contributed by atoms with van der Waals surface area (Å²) < 4.78 is 0. The summed E-state index contributed by atoms with van der Waals surface area (Å²) in [5.74, 6) is 6.05. The van der Waals surface area contributed by atoms with Crippen molar-refractivity contribution in [1.82, 2.24) is 4.90 Å². The predicted molar refractivity (Wildman–Crippen MR) is 81.9 cm³/mol. The second kappa shape index (κ2) is 7.10. The Bertz CT molecular complexity index is 563.